The molecule has 1 aromatic rings. The van der Waals surface area contributed by atoms with E-state index in [0.29, 0.717) is 5.82 Å². The minimum absolute atomic E-state index is 0.216. The third kappa shape index (κ3) is 3.78. The number of rotatable bonds is 2. The summed E-state index contributed by atoms with van der Waals surface area (Å²) in [5.41, 5.74) is 6.42. The number of nitrogens with one attached hydrogen (secondary N) is 1. The van der Waals surface area contributed by atoms with Crippen molar-refractivity contribution in [1.29, 1.82) is 0 Å². The molecule has 1 heterocycles. The standard InChI is InChI=1S/C12H18BrN3O/c1-7-8(13)5-6-9(15-7)16-11(17)10(14)12(2,3)4/h5-6,10H,14H2,1-4H3,(H,15,16,17). The minimum Gasteiger partial charge on any atom is -0.319 e. The number of carbonyl (C=O) groups excluding carboxylic acids is 1. The zero-order valence-corrected chi connectivity index (χ0v) is 12.1. The molecule has 1 rings (SSSR count). The second-order valence-corrected chi connectivity index (χ2v) is 5.95. The Hall–Kier alpha value is -0.940. The molecule has 17 heavy (non-hydrogen) atoms. The van der Waals surface area contributed by atoms with Crippen molar-refractivity contribution >= 4 is 27.7 Å². The van der Waals surface area contributed by atoms with Crippen molar-refractivity contribution in [1.82, 2.24) is 4.98 Å². The summed E-state index contributed by atoms with van der Waals surface area (Å²) in [6.45, 7) is 7.65. The predicted molar refractivity (Wildman–Crippen MR) is 72.7 cm³/mol. The quantitative estimate of drug-likeness (QED) is 0.881. The molecule has 0 aliphatic carbocycles. The lowest BCUT2D eigenvalue weighted by Gasteiger charge is -2.25. The maximum absolute atomic E-state index is 11.9. The summed E-state index contributed by atoms with van der Waals surface area (Å²) in [4.78, 5) is 16.1. The van der Waals surface area contributed by atoms with Gasteiger partial charge in [-0.25, -0.2) is 4.98 Å². The summed E-state index contributed by atoms with van der Waals surface area (Å²) in [7, 11) is 0. The molecule has 1 aromatic heterocycles. The molecule has 0 spiro atoms. The average molecular weight is 300 g/mol. The Morgan fingerprint density at radius 2 is 2.06 bits per heavy atom. The van der Waals surface area contributed by atoms with E-state index in [-0.39, 0.29) is 11.3 Å². The van der Waals surface area contributed by atoms with Gasteiger partial charge in [0.15, 0.2) is 0 Å². The van der Waals surface area contributed by atoms with E-state index in [2.05, 4.69) is 26.2 Å². The Balaban J connectivity index is 2.78. The Morgan fingerprint density at radius 1 is 1.47 bits per heavy atom. The van der Waals surface area contributed by atoms with Crippen LogP contribution in [0.3, 0.4) is 0 Å². The van der Waals surface area contributed by atoms with E-state index in [1.54, 1.807) is 6.07 Å². The van der Waals surface area contributed by atoms with Crippen molar-refractivity contribution in [2.45, 2.75) is 33.7 Å². The van der Waals surface area contributed by atoms with Crippen molar-refractivity contribution in [2.75, 3.05) is 5.32 Å². The molecule has 0 aliphatic heterocycles. The van der Waals surface area contributed by atoms with Crippen molar-refractivity contribution in [3.8, 4) is 0 Å². The second-order valence-electron chi connectivity index (χ2n) is 5.10. The normalized spacial score (nSPS) is 13.3. The minimum atomic E-state index is -0.562. The van der Waals surface area contributed by atoms with Crippen LogP contribution >= 0.6 is 15.9 Å². The molecule has 4 nitrogen and oxygen atoms in total. The summed E-state index contributed by atoms with van der Waals surface area (Å²) in [5, 5.41) is 2.72. The number of pyridine rings is 1. The molecule has 0 fully saturated rings. The van der Waals surface area contributed by atoms with Crippen molar-refractivity contribution in [3.05, 3.63) is 22.3 Å². The predicted octanol–water partition coefficient (Wildman–Crippen LogP) is 2.46. The molecule has 94 valence electrons. The molecule has 0 radical (unpaired) electrons. The van der Waals surface area contributed by atoms with Gasteiger partial charge in [-0.15, -0.1) is 0 Å². The number of halogens is 1. The van der Waals surface area contributed by atoms with Gasteiger partial charge >= 0.3 is 0 Å². The molecule has 1 unspecified atom stereocenters. The zero-order valence-electron chi connectivity index (χ0n) is 10.5. The first kappa shape index (κ1) is 14.1. The third-order valence-corrected chi connectivity index (χ3v) is 3.33. The van der Waals surface area contributed by atoms with Crippen LogP contribution in [0.15, 0.2) is 16.6 Å². The summed E-state index contributed by atoms with van der Waals surface area (Å²) in [5.74, 6) is 0.308. The lowest BCUT2D eigenvalue weighted by atomic mass is 9.87. The fourth-order valence-corrected chi connectivity index (χ4v) is 1.43. The van der Waals surface area contributed by atoms with Crippen LogP contribution in [-0.2, 0) is 4.79 Å². The summed E-state index contributed by atoms with van der Waals surface area (Å²) in [6.07, 6.45) is 0. The fourth-order valence-electron chi connectivity index (χ4n) is 1.21. The van der Waals surface area contributed by atoms with E-state index in [9.17, 15) is 4.79 Å². The van der Waals surface area contributed by atoms with E-state index >= 15 is 0 Å². The van der Waals surface area contributed by atoms with Crippen LogP contribution in [0.25, 0.3) is 0 Å². The number of aromatic nitrogens is 1. The highest BCUT2D eigenvalue weighted by Gasteiger charge is 2.27. The monoisotopic (exact) mass is 299 g/mol. The number of amides is 1. The first-order valence-corrected chi connectivity index (χ1v) is 6.20. The molecule has 3 N–H and O–H groups in total. The van der Waals surface area contributed by atoms with Gasteiger partial charge in [0.25, 0.3) is 0 Å². The Bertz CT molecular complexity index is 426. The number of carbonyl (C=O) groups is 1. The largest absolute Gasteiger partial charge is 0.319 e. The van der Waals surface area contributed by atoms with E-state index in [1.807, 2.05) is 33.8 Å². The molecule has 5 heteroatoms. The molecule has 0 aliphatic rings. The first-order valence-electron chi connectivity index (χ1n) is 5.41. The molecule has 0 saturated heterocycles. The van der Waals surface area contributed by atoms with E-state index in [1.165, 1.54) is 0 Å². The van der Waals surface area contributed by atoms with Crippen molar-refractivity contribution in [2.24, 2.45) is 11.1 Å². The first-order chi connectivity index (χ1) is 7.71. The molecular formula is C12H18BrN3O. The fraction of sp³-hybridized carbons (Fsp3) is 0.500. The molecule has 0 aromatic carbocycles. The van der Waals surface area contributed by atoms with Gasteiger partial charge in [-0.2, -0.15) is 0 Å². The summed E-state index contributed by atoms with van der Waals surface area (Å²) >= 11 is 3.36. The Kier molecular flexibility index (Phi) is 4.27. The number of hydrogen-bond acceptors (Lipinski definition) is 3. The molecule has 1 atom stereocenters. The van der Waals surface area contributed by atoms with Gasteiger partial charge < -0.3 is 11.1 Å². The van der Waals surface area contributed by atoms with Gasteiger partial charge in [-0.3, -0.25) is 4.79 Å². The summed E-state index contributed by atoms with van der Waals surface area (Å²) < 4.78 is 0.913. The van der Waals surface area contributed by atoms with Crippen LogP contribution in [0, 0.1) is 12.3 Å². The number of aryl methyl sites for hydroxylation is 1. The molecule has 1 amide bonds. The van der Waals surface area contributed by atoms with Gasteiger partial charge in [0.2, 0.25) is 5.91 Å². The topological polar surface area (TPSA) is 68.0 Å². The lowest BCUT2D eigenvalue weighted by Crippen LogP contribution is -2.45. The van der Waals surface area contributed by atoms with Crippen LogP contribution in [-0.4, -0.2) is 16.9 Å². The second kappa shape index (κ2) is 5.14. The van der Waals surface area contributed by atoms with Gasteiger partial charge in [-0.05, 0) is 40.4 Å². The zero-order chi connectivity index (χ0) is 13.2. The van der Waals surface area contributed by atoms with Crippen molar-refractivity contribution in [3.63, 3.8) is 0 Å². The van der Waals surface area contributed by atoms with Crippen LogP contribution < -0.4 is 11.1 Å². The van der Waals surface area contributed by atoms with Crippen LogP contribution in [0.1, 0.15) is 26.5 Å². The maximum atomic E-state index is 11.9. The molecule has 0 bridgehead atoms. The van der Waals surface area contributed by atoms with E-state index in [4.69, 9.17) is 5.73 Å². The molecular weight excluding hydrogens is 282 g/mol. The van der Waals surface area contributed by atoms with Gasteiger partial charge in [-0.1, -0.05) is 20.8 Å². The van der Waals surface area contributed by atoms with Crippen LogP contribution in [0.4, 0.5) is 5.82 Å². The number of hydrogen-bond donors (Lipinski definition) is 2. The number of nitrogens with zero attached hydrogens (tertiary/aromatic N) is 1. The lowest BCUT2D eigenvalue weighted by molar-refractivity contribution is -0.119. The van der Waals surface area contributed by atoms with Crippen molar-refractivity contribution < 1.29 is 4.79 Å². The Labute approximate surface area is 110 Å². The molecule has 0 saturated carbocycles. The van der Waals surface area contributed by atoms with Gasteiger partial charge in [0.05, 0.1) is 11.7 Å². The van der Waals surface area contributed by atoms with Crippen LogP contribution in [0.5, 0.6) is 0 Å². The van der Waals surface area contributed by atoms with Gasteiger partial charge in [0.1, 0.15) is 5.82 Å². The van der Waals surface area contributed by atoms with E-state index < -0.39 is 6.04 Å². The number of anilines is 1. The smallest absolute Gasteiger partial charge is 0.242 e. The Morgan fingerprint density at radius 3 is 2.53 bits per heavy atom. The third-order valence-electron chi connectivity index (χ3n) is 2.49. The van der Waals surface area contributed by atoms with Gasteiger partial charge in [0, 0.05) is 4.47 Å². The highest BCUT2D eigenvalue weighted by atomic mass is 79.9. The highest BCUT2D eigenvalue weighted by Crippen LogP contribution is 2.20. The average Bonchev–Trinajstić information content (AvgIpc) is 2.21. The van der Waals surface area contributed by atoms with Crippen LogP contribution in [0.2, 0.25) is 0 Å². The number of nitrogens with two attached hydrogens (primary N) is 1. The highest BCUT2D eigenvalue weighted by molar-refractivity contribution is 9.10. The van der Waals surface area contributed by atoms with E-state index in [0.717, 1.165) is 10.2 Å². The SMILES string of the molecule is Cc1nc(NC(=O)C(N)C(C)(C)C)ccc1Br. The maximum Gasteiger partial charge on any atom is 0.242 e. The summed E-state index contributed by atoms with van der Waals surface area (Å²) in [6, 6.07) is 3.03.